The summed E-state index contributed by atoms with van der Waals surface area (Å²) in [6, 6.07) is 2.19. The average Bonchev–Trinajstić information content (AvgIpc) is 2.59. The van der Waals surface area contributed by atoms with Crippen LogP contribution >= 0.6 is 27.3 Å². The van der Waals surface area contributed by atoms with Crippen molar-refractivity contribution >= 4 is 27.3 Å². The van der Waals surface area contributed by atoms with E-state index in [4.69, 9.17) is 10.5 Å². The number of hydrogen-bond acceptors (Lipinski definition) is 3. The Labute approximate surface area is 97.6 Å². The van der Waals surface area contributed by atoms with Crippen molar-refractivity contribution in [3.05, 3.63) is 20.8 Å². The Hall–Kier alpha value is 0.100. The van der Waals surface area contributed by atoms with E-state index in [9.17, 15) is 0 Å². The van der Waals surface area contributed by atoms with E-state index in [0.717, 1.165) is 30.5 Å². The quantitative estimate of drug-likeness (QED) is 0.810. The van der Waals surface area contributed by atoms with Gasteiger partial charge in [-0.05, 0) is 47.1 Å². The topological polar surface area (TPSA) is 35.2 Å². The smallest absolute Gasteiger partial charge is 0.0466 e. The Morgan fingerprint density at radius 1 is 1.64 bits per heavy atom. The van der Waals surface area contributed by atoms with Crippen LogP contribution in [0.1, 0.15) is 30.7 Å². The van der Waals surface area contributed by atoms with Gasteiger partial charge < -0.3 is 10.5 Å². The van der Waals surface area contributed by atoms with Crippen molar-refractivity contribution in [2.24, 2.45) is 5.73 Å². The molecular weight excluding hydrogens is 262 g/mol. The minimum absolute atomic E-state index is 0.143. The predicted octanol–water partition coefficient (Wildman–Crippen LogP) is 3.33. The van der Waals surface area contributed by atoms with Gasteiger partial charge in [0.2, 0.25) is 0 Å². The van der Waals surface area contributed by atoms with Crippen LogP contribution in [0.3, 0.4) is 0 Å². The van der Waals surface area contributed by atoms with Gasteiger partial charge >= 0.3 is 0 Å². The highest BCUT2D eigenvalue weighted by molar-refractivity contribution is 9.10. The highest BCUT2D eigenvalue weighted by Crippen LogP contribution is 2.29. The third-order valence-corrected chi connectivity index (χ3v) is 3.99. The zero-order chi connectivity index (χ0) is 10.4. The molecule has 1 rings (SSSR count). The maximum atomic E-state index is 6.05. The maximum absolute atomic E-state index is 6.05. The first-order valence-electron chi connectivity index (χ1n) is 4.82. The van der Waals surface area contributed by atoms with Crippen molar-refractivity contribution in [3.63, 3.8) is 0 Å². The lowest BCUT2D eigenvalue weighted by Crippen LogP contribution is -2.10. The van der Waals surface area contributed by atoms with Crippen molar-refractivity contribution < 1.29 is 4.74 Å². The summed E-state index contributed by atoms with van der Waals surface area (Å²) in [6.45, 7) is 3.61. The molecule has 14 heavy (non-hydrogen) atoms. The van der Waals surface area contributed by atoms with E-state index in [1.165, 1.54) is 4.88 Å². The molecule has 0 saturated carbocycles. The molecule has 2 nitrogen and oxygen atoms in total. The van der Waals surface area contributed by atoms with Gasteiger partial charge in [0, 0.05) is 28.6 Å². The fourth-order valence-corrected chi connectivity index (χ4v) is 2.96. The highest BCUT2D eigenvalue weighted by atomic mass is 79.9. The van der Waals surface area contributed by atoms with E-state index >= 15 is 0 Å². The van der Waals surface area contributed by atoms with E-state index in [2.05, 4.69) is 21.3 Å². The van der Waals surface area contributed by atoms with Crippen LogP contribution < -0.4 is 5.73 Å². The second-order valence-electron chi connectivity index (χ2n) is 3.08. The summed E-state index contributed by atoms with van der Waals surface area (Å²) < 4.78 is 6.40. The Balaban J connectivity index is 2.28. The molecule has 1 atom stereocenters. The van der Waals surface area contributed by atoms with E-state index < -0.39 is 0 Å². The Morgan fingerprint density at radius 3 is 3.00 bits per heavy atom. The van der Waals surface area contributed by atoms with Gasteiger partial charge in [-0.15, -0.1) is 11.3 Å². The molecule has 0 aliphatic rings. The number of rotatable bonds is 6. The second kappa shape index (κ2) is 6.56. The first kappa shape index (κ1) is 12.2. The van der Waals surface area contributed by atoms with Crippen LogP contribution in [-0.4, -0.2) is 13.2 Å². The molecule has 80 valence electrons. The fourth-order valence-electron chi connectivity index (χ4n) is 1.25. The van der Waals surface area contributed by atoms with Crippen molar-refractivity contribution in [2.75, 3.05) is 13.2 Å². The van der Waals surface area contributed by atoms with Gasteiger partial charge in [-0.3, -0.25) is 0 Å². The lowest BCUT2D eigenvalue weighted by Gasteiger charge is -2.10. The lowest BCUT2D eigenvalue weighted by molar-refractivity contribution is 0.142. The van der Waals surface area contributed by atoms with Gasteiger partial charge in [0.25, 0.3) is 0 Å². The van der Waals surface area contributed by atoms with Crippen LogP contribution in [0.4, 0.5) is 0 Å². The maximum Gasteiger partial charge on any atom is 0.0466 e. The number of halogens is 1. The van der Waals surface area contributed by atoms with Crippen LogP contribution in [0.2, 0.25) is 0 Å². The molecule has 1 aromatic heterocycles. The number of thiophene rings is 1. The minimum Gasteiger partial charge on any atom is -0.382 e. The molecule has 0 radical (unpaired) electrons. The molecule has 2 N–H and O–H groups in total. The van der Waals surface area contributed by atoms with Gasteiger partial charge in [0.15, 0.2) is 0 Å². The molecule has 0 spiro atoms. The van der Waals surface area contributed by atoms with Crippen molar-refractivity contribution in [2.45, 2.75) is 25.8 Å². The summed E-state index contributed by atoms with van der Waals surface area (Å²) in [5.41, 5.74) is 6.05. The third-order valence-electron chi connectivity index (χ3n) is 1.99. The molecule has 0 saturated heterocycles. The SMILES string of the molecule is CCOCCCC(N)c1sccc1Br. The molecule has 0 aromatic carbocycles. The summed E-state index contributed by atoms with van der Waals surface area (Å²) in [6.07, 6.45) is 2.01. The zero-order valence-corrected chi connectivity index (χ0v) is 10.7. The van der Waals surface area contributed by atoms with Crippen LogP contribution in [0.5, 0.6) is 0 Å². The second-order valence-corrected chi connectivity index (χ2v) is 4.88. The summed E-state index contributed by atoms with van der Waals surface area (Å²) in [5, 5.41) is 2.06. The van der Waals surface area contributed by atoms with Crippen molar-refractivity contribution in [1.29, 1.82) is 0 Å². The van der Waals surface area contributed by atoms with Crippen molar-refractivity contribution in [3.8, 4) is 0 Å². The molecule has 1 heterocycles. The Morgan fingerprint density at radius 2 is 2.43 bits per heavy atom. The monoisotopic (exact) mass is 277 g/mol. The molecule has 0 aliphatic carbocycles. The largest absolute Gasteiger partial charge is 0.382 e. The fraction of sp³-hybridized carbons (Fsp3) is 0.600. The molecule has 0 aliphatic heterocycles. The predicted molar refractivity (Wildman–Crippen MR) is 64.7 cm³/mol. The first-order chi connectivity index (χ1) is 6.75. The van der Waals surface area contributed by atoms with Crippen LogP contribution in [0.15, 0.2) is 15.9 Å². The van der Waals surface area contributed by atoms with E-state index in [-0.39, 0.29) is 6.04 Å². The normalized spacial score (nSPS) is 13.1. The molecule has 1 unspecified atom stereocenters. The summed E-state index contributed by atoms with van der Waals surface area (Å²) in [4.78, 5) is 1.24. The highest BCUT2D eigenvalue weighted by Gasteiger charge is 2.10. The van der Waals surface area contributed by atoms with Gasteiger partial charge in [0.1, 0.15) is 0 Å². The average molecular weight is 278 g/mol. The molecule has 0 fully saturated rings. The van der Waals surface area contributed by atoms with Crippen LogP contribution in [0.25, 0.3) is 0 Å². The summed E-state index contributed by atoms with van der Waals surface area (Å²) in [7, 11) is 0. The minimum atomic E-state index is 0.143. The number of hydrogen-bond donors (Lipinski definition) is 1. The van der Waals surface area contributed by atoms with Gasteiger partial charge in [0.05, 0.1) is 0 Å². The van der Waals surface area contributed by atoms with Gasteiger partial charge in [-0.2, -0.15) is 0 Å². The standard InChI is InChI=1S/C10H16BrNOS/c1-2-13-6-3-4-9(12)10-8(11)5-7-14-10/h5,7,9H,2-4,6,12H2,1H3. The Kier molecular flexibility index (Phi) is 5.70. The number of ether oxygens (including phenoxy) is 1. The third kappa shape index (κ3) is 3.69. The van der Waals surface area contributed by atoms with Crippen molar-refractivity contribution in [1.82, 2.24) is 0 Å². The lowest BCUT2D eigenvalue weighted by atomic mass is 10.1. The van der Waals surface area contributed by atoms with Gasteiger partial charge in [-0.1, -0.05) is 0 Å². The Bertz CT molecular complexity index is 264. The van der Waals surface area contributed by atoms with Crippen LogP contribution in [0, 0.1) is 0 Å². The number of nitrogens with two attached hydrogens (primary N) is 1. The molecule has 0 amide bonds. The molecule has 1 aromatic rings. The molecule has 0 bridgehead atoms. The summed E-state index contributed by atoms with van der Waals surface area (Å²) in [5.74, 6) is 0. The van der Waals surface area contributed by atoms with E-state index in [1.807, 2.05) is 13.0 Å². The molecular formula is C10H16BrNOS. The van der Waals surface area contributed by atoms with E-state index in [1.54, 1.807) is 11.3 Å². The molecule has 4 heteroatoms. The first-order valence-corrected chi connectivity index (χ1v) is 6.49. The zero-order valence-electron chi connectivity index (χ0n) is 8.33. The van der Waals surface area contributed by atoms with Crippen LogP contribution in [-0.2, 0) is 4.74 Å². The van der Waals surface area contributed by atoms with Gasteiger partial charge in [-0.25, -0.2) is 0 Å². The summed E-state index contributed by atoms with van der Waals surface area (Å²) >= 11 is 5.20. The van der Waals surface area contributed by atoms with E-state index in [0.29, 0.717) is 0 Å².